The van der Waals surface area contributed by atoms with Crippen LogP contribution in [-0.4, -0.2) is 19.7 Å². The van der Waals surface area contributed by atoms with Gasteiger partial charge in [0.25, 0.3) is 0 Å². The fourth-order valence-electron chi connectivity index (χ4n) is 2.25. The predicted molar refractivity (Wildman–Crippen MR) is 71.3 cm³/mol. The Morgan fingerprint density at radius 3 is 2.71 bits per heavy atom. The zero-order valence-electron chi connectivity index (χ0n) is 10.5. The van der Waals surface area contributed by atoms with Gasteiger partial charge in [-0.15, -0.1) is 0 Å². The first-order chi connectivity index (χ1) is 8.40. The second-order valence-electron chi connectivity index (χ2n) is 4.49. The molecular weight excluding hydrogens is 210 g/mol. The van der Waals surface area contributed by atoms with Gasteiger partial charge in [-0.1, -0.05) is 29.8 Å². The van der Waals surface area contributed by atoms with E-state index in [1.807, 2.05) is 37.4 Å². The number of benzene rings is 1. The molecule has 1 N–H and O–H groups in total. The molecule has 1 aliphatic carbocycles. The van der Waals surface area contributed by atoms with E-state index in [9.17, 15) is 0 Å². The first-order valence-electron chi connectivity index (χ1n) is 6.44. The maximum absolute atomic E-state index is 5.81. The number of likely N-dealkylation sites (N-methyl/N-ethyl adjacent to an activating group) is 1. The molecule has 92 valence electrons. The minimum atomic E-state index is 0.357. The molecular formula is C15H21NO. The van der Waals surface area contributed by atoms with E-state index in [0.717, 1.165) is 5.75 Å². The largest absolute Gasteiger partial charge is 0.492 e. The van der Waals surface area contributed by atoms with Crippen molar-refractivity contribution < 1.29 is 4.74 Å². The lowest BCUT2D eigenvalue weighted by Gasteiger charge is -2.23. The number of ether oxygens (including phenoxy) is 1. The molecule has 0 aromatic heterocycles. The molecule has 1 aromatic rings. The fourth-order valence-corrected chi connectivity index (χ4v) is 2.25. The van der Waals surface area contributed by atoms with Crippen molar-refractivity contribution in [2.75, 3.05) is 13.7 Å². The highest BCUT2D eigenvalue weighted by Gasteiger charge is 2.14. The molecule has 0 radical (unpaired) electrons. The van der Waals surface area contributed by atoms with Crippen LogP contribution in [0.2, 0.25) is 0 Å². The fraction of sp³-hybridized carbons (Fsp3) is 0.467. The number of allylic oxidation sites excluding steroid dienone is 1. The maximum Gasteiger partial charge on any atom is 0.119 e. The highest BCUT2D eigenvalue weighted by molar-refractivity contribution is 5.22. The number of rotatable bonds is 5. The van der Waals surface area contributed by atoms with Crippen molar-refractivity contribution in [1.29, 1.82) is 0 Å². The van der Waals surface area contributed by atoms with Crippen LogP contribution in [0.5, 0.6) is 5.75 Å². The Bertz CT molecular complexity index is 358. The normalized spacial score (nSPS) is 17.4. The van der Waals surface area contributed by atoms with Gasteiger partial charge in [0.1, 0.15) is 12.4 Å². The lowest BCUT2D eigenvalue weighted by Crippen LogP contribution is -2.34. The summed E-state index contributed by atoms with van der Waals surface area (Å²) in [5.74, 6) is 0.948. The third-order valence-electron chi connectivity index (χ3n) is 3.28. The summed E-state index contributed by atoms with van der Waals surface area (Å²) in [5.41, 5.74) is 1.51. The highest BCUT2D eigenvalue weighted by Crippen LogP contribution is 2.21. The summed E-state index contributed by atoms with van der Waals surface area (Å²) in [6.45, 7) is 0.715. The number of para-hydroxylation sites is 1. The molecule has 0 fully saturated rings. The number of hydrogen-bond acceptors (Lipinski definition) is 2. The highest BCUT2D eigenvalue weighted by atomic mass is 16.5. The first-order valence-corrected chi connectivity index (χ1v) is 6.44. The van der Waals surface area contributed by atoms with Crippen LogP contribution in [0.15, 0.2) is 42.0 Å². The summed E-state index contributed by atoms with van der Waals surface area (Å²) in [7, 11) is 2.01. The Morgan fingerprint density at radius 2 is 2.06 bits per heavy atom. The van der Waals surface area contributed by atoms with E-state index < -0.39 is 0 Å². The topological polar surface area (TPSA) is 21.3 Å². The summed E-state index contributed by atoms with van der Waals surface area (Å²) < 4.78 is 5.81. The molecule has 1 unspecified atom stereocenters. The Labute approximate surface area is 104 Å². The average molecular weight is 231 g/mol. The molecule has 0 bridgehead atoms. The zero-order valence-corrected chi connectivity index (χ0v) is 10.5. The van der Waals surface area contributed by atoms with Crippen molar-refractivity contribution in [3.05, 3.63) is 42.0 Å². The third-order valence-corrected chi connectivity index (χ3v) is 3.28. The van der Waals surface area contributed by atoms with Gasteiger partial charge in [-0.25, -0.2) is 0 Å². The monoisotopic (exact) mass is 231 g/mol. The van der Waals surface area contributed by atoms with Gasteiger partial charge >= 0.3 is 0 Å². The molecule has 1 aliphatic rings. The molecule has 0 aliphatic heterocycles. The molecule has 0 heterocycles. The molecule has 1 atom stereocenters. The zero-order chi connectivity index (χ0) is 11.9. The molecule has 2 nitrogen and oxygen atoms in total. The van der Waals surface area contributed by atoms with Crippen LogP contribution in [-0.2, 0) is 0 Å². The molecule has 17 heavy (non-hydrogen) atoms. The summed E-state index contributed by atoms with van der Waals surface area (Å²) >= 11 is 0. The van der Waals surface area contributed by atoms with Gasteiger partial charge in [0.2, 0.25) is 0 Å². The van der Waals surface area contributed by atoms with Crippen molar-refractivity contribution in [1.82, 2.24) is 5.32 Å². The van der Waals surface area contributed by atoms with Crippen LogP contribution in [0.3, 0.4) is 0 Å². The molecule has 2 rings (SSSR count). The first kappa shape index (κ1) is 12.2. The molecule has 0 amide bonds. The Kier molecular flexibility index (Phi) is 4.63. The average Bonchev–Trinajstić information content (AvgIpc) is 2.42. The van der Waals surface area contributed by atoms with Gasteiger partial charge in [0.05, 0.1) is 6.04 Å². The van der Waals surface area contributed by atoms with Gasteiger partial charge in [-0.05, 0) is 44.9 Å². The van der Waals surface area contributed by atoms with Crippen molar-refractivity contribution in [2.24, 2.45) is 0 Å². The van der Waals surface area contributed by atoms with Gasteiger partial charge in [-0.2, -0.15) is 0 Å². The van der Waals surface area contributed by atoms with Gasteiger partial charge in [0.15, 0.2) is 0 Å². The minimum Gasteiger partial charge on any atom is -0.492 e. The summed E-state index contributed by atoms with van der Waals surface area (Å²) in [6.07, 6.45) is 7.45. The summed E-state index contributed by atoms with van der Waals surface area (Å²) in [6, 6.07) is 10.4. The van der Waals surface area contributed by atoms with Gasteiger partial charge < -0.3 is 10.1 Å². The van der Waals surface area contributed by atoms with Gasteiger partial charge in [0, 0.05) is 0 Å². The van der Waals surface area contributed by atoms with E-state index in [2.05, 4.69) is 11.4 Å². The van der Waals surface area contributed by atoms with Crippen LogP contribution in [0.1, 0.15) is 25.7 Å². The van der Waals surface area contributed by atoms with Gasteiger partial charge in [-0.3, -0.25) is 0 Å². The summed E-state index contributed by atoms with van der Waals surface area (Å²) in [4.78, 5) is 0. The standard InChI is InChI=1S/C15H21NO/c1-16-15(13-8-4-2-5-9-13)12-17-14-10-6-3-7-11-14/h3,6-8,10-11,15-16H,2,4-5,9,12H2,1H3. The van der Waals surface area contributed by atoms with E-state index in [-0.39, 0.29) is 0 Å². The van der Waals surface area contributed by atoms with E-state index in [4.69, 9.17) is 4.74 Å². The second kappa shape index (κ2) is 6.45. The Balaban J connectivity index is 1.89. The van der Waals surface area contributed by atoms with Crippen LogP contribution < -0.4 is 10.1 Å². The van der Waals surface area contributed by atoms with Crippen LogP contribution in [0, 0.1) is 0 Å². The molecule has 0 saturated heterocycles. The van der Waals surface area contributed by atoms with Crippen molar-refractivity contribution in [3.63, 3.8) is 0 Å². The Hall–Kier alpha value is -1.28. The second-order valence-corrected chi connectivity index (χ2v) is 4.49. The molecule has 0 spiro atoms. The number of nitrogens with one attached hydrogen (secondary N) is 1. The minimum absolute atomic E-state index is 0.357. The smallest absolute Gasteiger partial charge is 0.119 e. The molecule has 0 saturated carbocycles. The summed E-state index contributed by atoms with van der Waals surface area (Å²) in [5, 5.41) is 3.35. The third kappa shape index (κ3) is 3.60. The number of hydrogen-bond donors (Lipinski definition) is 1. The van der Waals surface area contributed by atoms with Crippen LogP contribution >= 0.6 is 0 Å². The molecule has 1 aromatic carbocycles. The van der Waals surface area contributed by atoms with E-state index in [0.29, 0.717) is 12.6 Å². The maximum atomic E-state index is 5.81. The van der Waals surface area contributed by atoms with E-state index in [1.54, 1.807) is 0 Å². The lowest BCUT2D eigenvalue weighted by atomic mass is 9.94. The van der Waals surface area contributed by atoms with Crippen molar-refractivity contribution >= 4 is 0 Å². The molecule has 2 heteroatoms. The lowest BCUT2D eigenvalue weighted by molar-refractivity contribution is 0.283. The van der Waals surface area contributed by atoms with E-state index >= 15 is 0 Å². The van der Waals surface area contributed by atoms with Crippen molar-refractivity contribution in [2.45, 2.75) is 31.7 Å². The predicted octanol–water partition coefficient (Wildman–Crippen LogP) is 3.15. The van der Waals surface area contributed by atoms with Crippen LogP contribution in [0.25, 0.3) is 0 Å². The van der Waals surface area contributed by atoms with Crippen LogP contribution in [0.4, 0.5) is 0 Å². The quantitative estimate of drug-likeness (QED) is 0.786. The van der Waals surface area contributed by atoms with E-state index in [1.165, 1.54) is 31.3 Å². The van der Waals surface area contributed by atoms with Crippen molar-refractivity contribution in [3.8, 4) is 5.75 Å². The Morgan fingerprint density at radius 1 is 1.24 bits per heavy atom. The SMILES string of the molecule is CNC(COc1ccccc1)C1=CCCCC1.